The Kier molecular flexibility index (Phi) is 6.37. The fraction of sp³-hybridized carbons (Fsp3) is 0.172. The van der Waals surface area contributed by atoms with E-state index in [2.05, 4.69) is 9.88 Å². The minimum Gasteiger partial charge on any atom is -0.486 e. The van der Waals surface area contributed by atoms with Gasteiger partial charge in [0.1, 0.15) is 23.7 Å². The Balaban J connectivity index is 1.50. The molecule has 37 heavy (non-hydrogen) atoms. The molecule has 0 spiro atoms. The summed E-state index contributed by atoms with van der Waals surface area (Å²) in [6.07, 6.45) is 2.87. The molecule has 0 bridgehead atoms. The molecule has 0 saturated heterocycles. The lowest BCUT2D eigenvalue weighted by Crippen LogP contribution is -2.16. The van der Waals surface area contributed by atoms with E-state index in [0.717, 1.165) is 59.7 Å². The van der Waals surface area contributed by atoms with Gasteiger partial charge in [0.05, 0.1) is 0 Å². The first-order valence-corrected chi connectivity index (χ1v) is 13.0. The van der Waals surface area contributed by atoms with Crippen LogP contribution in [0.15, 0.2) is 78.9 Å². The van der Waals surface area contributed by atoms with Crippen molar-refractivity contribution in [2.24, 2.45) is 0 Å². The summed E-state index contributed by atoms with van der Waals surface area (Å²) < 4.78 is 10.0. The second-order valence-corrected chi connectivity index (χ2v) is 9.91. The molecule has 3 heterocycles. The van der Waals surface area contributed by atoms with E-state index in [1.165, 1.54) is 0 Å². The van der Waals surface area contributed by atoms with Gasteiger partial charge in [-0.15, -0.1) is 5.10 Å². The molecule has 186 valence electrons. The first kappa shape index (κ1) is 23.6. The molecule has 0 unspecified atom stereocenters. The van der Waals surface area contributed by atoms with Crippen molar-refractivity contribution in [3.63, 3.8) is 0 Å². The third-order valence-electron chi connectivity index (χ3n) is 6.60. The van der Waals surface area contributed by atoms with Gasteiger partial charge in [-0.25, -0.2) is 4.52 Å². The zero-order chi connectivity index (χ0) is 25.4. The Morgan fingerprint density at radius 2 is 1.76 bits per heavy atom. The van der Waals surface area contributed by atoms with Crippen LogP contribution in [0.4, 0.5) is 5.69 Å². The van der Waals surface area contributed by atoms with Crippen LogP contribution in [0.2, 0.25) is 10.0 Å². The topological polar surface area (TPSA) is 60.6 Å². The molecule has 0 fully saturated rings. The van der Waals surface area contributed by atoms with E-state index >= 15 is 0 Å². The van der Waals surface area contributed by atoms with Crippen molar-refractivity contribution < 1.29 is 9.53 Å². The van der Waals surface area contributed by atoms with Gasteiger partial charge in [-0.1, -0.05) is 59.6 Å². The fourth-order valence-corrected chi connectivity index (χ4v) is 5.29. The molecular weight excluding hydrogens is 507 g/mol. The number of ether oxygens (including phenoxy) is 1. The van der Waals surface area contributed by atoms with Crippen LogP contribution in [-0.2, 0) is 19.6 Å². The molecule has 0 atom stereocenters. The maximum absolute atomic E-state index is 13.9. The first-order valence-electron chi connectivity index (χ1n) is 12.2. The standard InChI is InChI=1S/C29H24Cl2N4O2/c30-20-14-12-19(13-15-20)26-24-11-4-5-16-34-25(18-37-23-9-2-1-3-10-23)33-35(29(24)34)27(26)28(36)32-22-8-6-7-21(31)17-22/h1-3,6-10,12-15,17H,4-5,11,16,18H2,(H,32,36). The molecule has 8 heteroatoms. The molecule has 0 radical (unpaired) electrons. The quantitative estimate of drug-likeness (QED) is 0.251. The molecular formula is C29H24Cl2N4O2. The smallest absolute Gasteiger partial charge is 0.275 e. The summed E-state index contributed by atoms with van der Waals surface area (Å²) in [6.45, 7) is 1.11. The lowest BCUT2D eigenvalue weighted by atomic mass is 9.98. The number of hydrogen-bond donors (Lipinski definition) is 1. The number of nitrogens with one attached hydrogen (secondary N) is 1. The van der Waals surface area contributed by atoms with E-state index in [-0.39, 0.29) is 5.91 Å². The van der Waals surface area contributed by atoms with E-state index in [9.17, 15) is 4.79 Å². The minimum absolute atomic E-state index is 0.255. The lowest BCUT2D eigenvalue weighted by molar-refractivity contribution is 0.102. The van der Waals surface area contributed by atoms with Crippen LogP contribution in [0.1, 0.15) is 34.7 Å². The van der Waals surface area contributed by atoms with Gasteiger partial charge in [0.2, 0.25) is 0 Å². The molecule has 5 aromatic rings. The summed E-state index contributed by atoms with van der Waals surface area (Å²) in [4.78, 5) is 13.9. The number of carbonyl (C=O) groups is 1. The molecule has 0 saturated carbocycles. The predicted molar refractivity (Wildman–Crippen MR) is 147 cm³/mol. The highest BCUT2D eigenvalue weighted by Crippen LogP contribution is 2.37. The largest absolute Gasteiger partial charge is 0.486 e. The zero-order valence-corrected chi connectivity index (χ0v) is 21.5. The maximum atomic E-state index is 13.9. The number of rotatable bonds is 6. The van der Waals surface area contributed by atoms with Crippen molar-refractivity contribution in [1.29, 1.82) is 0 Å². The second kappa shape index (κ2) is 9.96. The third-order valence-corrected chi connectivity index (χ3v) is 7.09. The summed E-state index contributed by atoms with van der Waals surface area (Å²) in [7, 11) is 0. The van der Waals surface area contributed by atoms with Gasteiger partial charge < -0.3 is 14.6 Å². The molecule has 1 aliphatic heterocycles. The number of carbonyl (C=O) groups excluding carboxylic acids is 1. The number of nitrogens with zero attached hydrogens (tertiary/aromatic N) is 3. The summed E-state index contributed by atoms with van der Waals surface area (Å²) >= 11 is 12.4. The summed E-state index contributed by atoms with van der Waals surface area (Å²) in [5.74, 6) is 1.30. The van der Waals surface area contributed by atoms with Crippen molar-refractivity contribution in [2.45, 2.75) is 32.4 Å². The SMILES string of the molecule is O=C(Nc1cccc(Cl)c1)c1c(-c2ccc(Cl)cc2)c2c3n(c(COc4ccccc4)nn13)CCCC2. The molecule has 1 N–H and O–H groups in total. The number of aromatic nitrogens is 3. The van der Waals surface area contributed by atoms with Crippen molar-refractivity contribution in [2.75, 3.05) is 5.32 Å². The summed E-state index contributed by atoms with van der Waals surface area (Å²) in [6, 6.07) is 24.4. The maximum Gasteiger partial charge on any atom is 0.275 e. The predicted octanol–water partition coefficient (Wildman–Crippen LogP) is 7.28. The fourth-order valence-electron chi connectivity index (χ4n) is 4.97. The van der Waals surface area contributed by atoms with Crippen LogP contribution in [0.3, 0.4) is 0 Å². The number of halogens is 2. The number of anilines is 1. The second-order valence-electron chi connectivity index (χ2n) is 9.04. The van der Waals surface area contributed by atoms with Gasteiger partial charge in [-0.3, -0.25) is 4.79 Å². The first-order chi connectivity index (χ1) is 18.1. The van der Waals surface area contributed by atoms with Gasteiger partial charge in [0.25, 0.3) is 5.91 Å². The van der Waals surface area contributed by atoms with Crippen LogP contribution in [0.5, 0.6) is 5.75 Å². The van der Waals surface area contributed by atoms with E-state index in [1.807, 2.05) is 66.7 Å². The highest BCUT2D eigenvalue weighted by molar-refractivity contribution is 6.31. The Labute approximate surface area is 224 Å². The Morgan fingerprint density at radius 1 is 0.946 bits per heavy atom. The summed E-state index contributed by atoms with van der Waals surface area (Å²) in [5.41, 5.74) is 4.95. The van der Waals surface area contributed by atoms with E-state index in [0.29, 0.717) is 28.0 Å². The Bertz CT molecular complexity index is 1590. The minimum atomic E-state index is -0.255. The average molecular weight is 531 g/mol. The van der Waals surface area contributed by atoms with Crippen LogP contribution in [0, 0.1) is 0 Å². The van der Waals surface area contributed by atoms with Crippen molar-refractivity contribution in [3.05, 3.63) is 106 Å². The van der Waals surface area contributed by atoms with Gasteiger partial charge in [-0.2, -0.15) is 0 Å². The molecule has 1 aliphatic rings. The van der Waals surface area contributed by atoms with Gasteiger partial charge in [-0.05, 0) is 67.3 Å². The number of para-hydroxylation sites is 1. The zero-order valence-electron chi connectivity index (χ0n) is 20.0. The van der Waals surface area contributed by atoms with E-state index < -0.39 is 0 Å². The Hall–Kier alpha value is -3.74. The van der Waals surface area contributed by atoms with Crippen molar-refractivity contribution in [1.82, 2.24) is 14.2 Å². The third kappa shape index (κ3) is 4.59. The molecule has 6 rings (SSSR count). The highest BCUT2D eigenvalue weighted by atomic mass is 35.5. The van der Waals surface area contributed by atoms with Crippen LogP contribution >= 0.6 is 23.2 Å². The number of amides is 1. The number of hydrogen-bond acceptors (Lipinski definition) is 3. The number of benzene rings is 3. The molecule has 2 aromatic heterocycles. The van der Waals surface area contributed by atoms with Crippen LogP contribution in [-0.4, -0.2) is 20.1 Å². The molecule has 6 nitrogen and oxygen atoms in total. The lowest BCUT2D eigenvalue weighted by Gasteiger charge is -2.10. The van der Waals surface area contributed by atoms with E-state index in [1.54, 1.807) is 16.6 Å². The average Bonchev–Trinajstić information content (AvgIpc) is 3.30. The summed E-state index contributed by atoms with van der Waals surface area (Å²) in [5, 5.41) is 9.14. The molecule has 1 amide bonds. The van der Waals surface area contributed by atoms with Crippen LogP contribution < -0.4 is 10.1 Å². The normalized spacial score (nSPS) is 12.9. The highest BCUT2D eigenvalue weighted by Gasteiger charge is 2.30. The van der Waals surface area contributed by atoms with Crippen molar-refractivity contribution >= 4 is 40.4 Å². The monoisotopic (exact) mass is 530 g/mol. The van der Waals surface area contributed by atoms with Crippen LogP contribution in [0.25, 0.3) is 16.8 Å². The van der Waals surface area contributed by atoms with Gasteiger partial charge in [0.15, 0.2) is 5.82 Å². The van der Waals surface area contributed by atoms with Gasteiger partial charge >= 0.3 is 0 Å². The van der Waals surface area contributed by atoms with Gasteiger partial charge in [0, 0.05) is 33.4 Å². The number of aryl methyl sites for hydroxylation is 2. The molecule has 0 aliphatic carbocycles. The molecule has 3 aromatic carbocycles. The van der Waals surface area contributed by atoms with Crippen molar-refractivity contribution in [3.8, 4) is 16.9 Å². The Morgan fingerprint density at radius 3 is 2.54 bits per heavy atom. The van der Waals surface area contributed by atoms with E-state index in [4.69, 9.17) is 33.0 Å².